The first-order chi connectivity index (χ1) is 14.6. The van der Waals surface area contributed by atoms with Gasteiger partial charge >= 0.3 is 202 Å². The predicted octanol–water partition coefficient (Wildman–Crippen LogP) is 5.38. The van der Waals surface area contributed by atoms with Gasteiger partial charge in [-0.25, -0.2) is 0 Å². The van der Waals surface area contributed by atoms with Crippen LogP contribution < -0.4 is 5.30 Å². The molecule has 194 valence electrons. The van der Waals surface area contributed by atoms with E-state index in [1.807, 2.05) is 60.6 Å². The second kappa shape index (κ2) is 9.48. The first kappa shape index (κ1) is 30.5. The fourth-order valence-electron chi connectivity index (χ4n) is 4.59. The average molecular weight is 487 g/mol. The summed E-state index contributed by atoms with van der Waals surface area (Å²) in [6.45, 7) is 21.5. The van der Waals surface area contributed by atoms with Gasteiger partial charge in [0.1, 0.15) is 0 Å². The fraction of sp³-hybridized carbons (Fsp3) is 0.778. The molecule has 0 spiro atoms. The second-order valence-electron chi connectivity index (χ2n) is 13.1. The van der Waals surface area contributed by atoms with Crippen LogP contribution in [0.25, 0.3) is 0 Å². The van der Waals surface area contributed by atoms with E-state index < -0.39 is 36.0 Å². The molecule has 0 saturated carbocycles. The summed E-state index contributed by atoms with van der Waals surface area (Å²) in [6, 6.07) is 3.89. The summed E-state index contributed by atoms with van der Waals surface area (Å²) in [7, 11) is -5.92. The molecule has 0 saturated heterocycles. The van der Waals surface area contributed by atoms with Gasteiger partial charge in [-0.15, -0.1) is 0 Å². The Morgan fingerprint density at radius 2 is 1.21 bits per heavy atom. The number of benzene rings is 1. The Hall–Kier alpha value is -0.550. The SMILES string of the molecule is CCCCC(CC)(CO)C(O)P(O)(O)(O)c1c(C(C)(C)C)cc(C(C)(C)C)cc1C(C)(C)C. The molecule has 0 radical (unpaired) electrons. The summed E-state index contributed by atoms with van der Waals surface area (Å²) >= 11 is 0. The van der Waals surface area contributed by atoms with Crippen LogP contribution in [0.2, 0.25) is 0 Å². The van der Waals surface area contributed by atoms with Crippen molar-refractivity contribution < 1.29 is 24.9 Å². The topological polar surface area (TPSA) is 101 Å². The van der Waals surface area contributed by atoms with Crippen molar-refractivity contribution in [1.29, 1.82) is 0 Å². The van der Waals surface area contributed by atoms with Crippen molar-refractivity contribution >= 4 is 12.6 Å². The molecule has 33 heavy (non-hydrogen) atoms. The monoisotopic (exact) mass is 486 g/mol. The Kier molecular flexibility index (Phi) is 8.76. The molecule has 1 aromatic carbocycles. The molecule has 0 fully saturated rings. The summed E-state index contributed by atoms with van der Waals surface area (Å²) in [5, 5.41) is 22.0. The van der Waals surface area contributed by atoms with Gasteiger partial charge in [-0.1, -0.05) is 0 Å². The molecule has 5 N–H and O–H groups in total. The fourth-order valence-corrected chi connectivity index (χ4v) is 7.96. The predicted molar refractivity (Wildman–Crippen MR) is 141 cm³/mol. The van der Waals surface area contributed by atoms with Gasteiger partial charge in [-0.3, -0.25) is 0 Å². The Morgan fingerprint density at radius 1 is 0.788 bits per heavy atom. The zero-order chi connectivity index (χ0) is 26.3. The van der Waals surface area contributed by atoms with Crippen molar-refractivity contribution in [2.24, 2.45) is 5.41 Å². The molecule has 6 heteroatoms. The van der Waals surface area contributed by atoms with Gasteiger partial charge in [-0.2, -0.15) is 0 Å². The zero-order valence-corrected chi connectivity index (χ0v) is 23.8. The molecule has 0 aliphatic carbocycles. The molecular formula is C27H51O5P. The molecule has 5 nitrogen and oxygen atoms in total. The third-order valence-corrected chi connectivity index (χ3v) is 9.85. The number of hydrogen-bond acceptors (Lipinski definition) is 5. The van der Waals surface area contributed by atoms with Gasteiger partial charge in [0.25, 0.3) is 0 Å². The van der Waals surface area contributed by atoms with E-state index in [4.69, 9.17) is 0 Å². The van der Waals surface area contributed by atoms with Crippen LogP contribution in [-0.4, -0.2) is 37.3 Å². The quantitative estimate of drug-likeness (QED) is 0.318. The number of aliphatic hydroxyl groups is 2. The van der Waals surface area contributed by atoms with E-state index in [-0.39, 0.29) is 10.7 Å². The van der Waals surface area contributed by atoms with E-state index in [9.17, 15) is 24.9 Å². The standard InChI is InChI=1S/C27H51O5P/c1-12-14-15-27(13-2,18-28)23(29)33(30,31,32)22-20(25(6,7)8)16-19(24(3,4)5)17-21(22)26(9,10)11/h16-17,23,28-32H,12-15,18H2,1-11H3. The van der Waals surface area contributed by atoms with E-state index in [1.165, 1.54) is 0 Å². The van der Waals surface area contributed by atoms with E-state index in [2.05, 4.69) is 20.8 Å². The van der Waals surface area contributed by atoms with E-state index in [0.29, 0.717) is 30.4 Å². The average Bonchev–Trinajstić information content (AvgIpc) is 2.65. The molecule has 0 bridgehead atoms. The molecule has 2 atom stereocenters. The first-order valence-electron chi connectivity index (χ1n) is 12.3. The van der Waals surface area contributed by atoms with Crippen molar-refractivity contribution in [2.75, 3.05) is 6.61 Å². The van der Waals surface area contributed by atoms with E-state index in [0.717, 1.165) is 12.0 Å². The van der Waals surface area contributed by atoms with E-state index in [1.54, 1.807) is 6.92 Å². The van der Waals surface area contributed by atoms with Crippen molar-refractivity contribution in [2.45, 2.75) is 124 Å². The summed E-state index contributed by atoms with van der Waals surface area (Å²) in [4.78, 5) is 35.6. The Labute approximate surface area is 202 Å². The van der Waals surface area contributed by atoms with E-state index >= 15 is 0 Å². The third-order valence-electron chi connectivity index (χ3n) is 7.07. The molecule has 1 aromatic rings. The molecular weight excluding hydrogens is 435 g/mol. The Balaban J connectivity index is 4.19. The Morgan fingerprint density at radius 3 is 1.48 bits per heavy atom. The summed E-state index contributed by atoms with van der Waals surface area (Å²) in [5.74, 6) is -1.90. The van der Waals surface area contributed by atoms with Crippen LogP contribution in [0.5, 0.6) is 0 Å². The van der Waals surface area contributed by atoms with Crippen LogP contribution in [0.1, 0.15) is 119 Å². The zero-order valence-electron chi connectivity index (χ0n) is 23.0. The molecule has 0 amide bonds. The van der Waals surface area contributed by atoms with Crippen LogP contribution in [0.15, 0.2) is 12.1 Å². The van der Waals surface area contributed by atoms with Crippen molar-refractivity contribution in [3.05, 3.63) is 28.8 Å². The van der Waals surface area contributed by atoms with Crippen LogP contribution in [0, 0.1) is 5.41 Å². The number of aliphatic hydroxyl groups excluding tert-OH is 2. The first-order valence-corrected chi connectivity index (χ1v) is 14.5. The molecule has 0 aliphatic heterocycles. The van der Waals surface area contributed by atoms with Crippen molar-refractivity contribution in [3.63, 3.8) is 0 Å². The summed E-state index contributed by atoms with van der Waals surface area (Å²) in [5.41, 5.74) is -0.245. The van der Waals surface area contributed by atoms with Crippen LogP contribution >= 0.6 is 7.28 Å². The number of unbranched alkanes of at least 4 members (excludes halogenated alkanes) is 1. The number of hydrogen-bond donors (Lipinski definition) is 5. The molecule has 0 heterocycles. The molecule has 0 aliphatic rings. The number of rotatable bonds is 8. The summed E-state index contributed by atoms with van der Waals surface area (Å²) < 4.78 is 0. The van der Waals surface area contributed by atoms with Crippen molar-refractivity contribution in [3.8, 4) is 0 Å². The normalized spacial score (nSPS) is 17.9. The van der Waals surface area contributed by atoms with Gasteiger partial charge < -0.3 is 0 Å². The van der Waals surface area contributed by atoms with Crippen LogP contribution in [0.4, 0.5) is 0 Å². The molecule has 2 unspecified atom stereocenters. The third kappa shape index (κ3) is 6.18. The summed E-state index contributed by atoms with van der Waals surface area (Å²) in [6.07, 6.45) is 2.21. The van der Waals surface area contributed by atoms with Gasteiger partial charge in [0.05, 0.1) is 0 Å². The Bertz CT molecular complexity index is 777. The maximum atomic E-state index is 11.9. The molecule has 0 aromatic heterocycles. The van der Waals surface area contributed by atoms with Crippen LogP contribution in [0.3, 0.4) is 0 Å². The van der Waals surface area contributed by atoms with Gasteiger partial charge in [0.15, 0.2) is 0 Å². The van der Waals surface area contributed by atoms with Gasteiger partial charge in [-0.05, 0) is 0 Å². The van der Waals surface area contributed by atoms with Crippen molar-refractivity contribution in [1.82, 2.24) is 0 Å². The minimum absolute atomic E-state index is 0.0456. The van der Waals surface area contributed by atoms with Crippen LogP contribution in [-0.2, 0) is 16.2 Å². The minimum atomic E-state index is -5.92. The van der Waals surface area contributed by atoms with Gasteiger partial charge in [0, 0.05) is 0 Å². The second-order valence-corrected chi connectivity index (χ2v) is 16.1. The molecule has 1 rings (SSSR count). The maximum absolute atomic E-state index is 11.9. The van der Waals surface area contributed by atoms with Gasteiger partial charge in [0.2, 0.25) is 0 Å².